The number of aryl methyl sites for hydroxylation is 1. The van der Waals surface area contributed by atoms with Gasteiger partial charge in [-0.15, -0.1) is 10.2 Å². The standard InChI is InChI=1S/C10H9N3O2/c1-6-3-2-4-7-10(6)11-8(13-12-7)5-9(14)15/h2-4H,5H2,1H3,(H,14,15). The minimum absolute atomic E-state index is 0.197. The Morgan fingerprint density at radius 1 is 1.40 bits per heavy atom. The summed E-state index contributed by atoms with van der Waals surface area (Å²) >= 11 is 0. The Kier molecular flexibility index (Phi) is 2.29. The highest BCUT2D eigenvalue weighted by atomic mass is 16.4. The summed E-state index contributed by atoms with van der Waals surface area (Å²) in [5, 5.41) is 16.3. The van der Waals surface area contributed by atoms with Crippen molar-refractivity contribution < 1.29 is 9.90 Å². The van der Waals surface area contributed by atoms with E-state index in [1.165, 1.54) is 0 Å². The molecule has 1 N–H and O–H groups in total. The Morgan fingerprint density at radius 2 is 2.20 bits per heavy atom. The number of hydrogen-bond acceptors (Lipinski definition) is 4. The van der Waals surface area contributed by atoms with Crippen molar-refractivity contribution in [2.75, 3.05) is 0 Å². The zero-order valence-electron chi connectivity index (χ0n) is 8.14. The highest BCUT2D eigenvalue weighted by Crippen LogP contribution is 2.12. The molecule has 1 heterocycles. The van der Waals surface area contributed by atoms with Crippen LogP contribution in [0.3, 0.4) is 0 Å². The van der Waals surface area contributed by atoms with Gasteiger partial charge in [0.2, 0.25) is 0 Å². The van der Waals surface area contributed by atoms with E-state index in [2.05, 4.69) is 15.2 Å². The van der Waals surface area contributed by atoms with Gasteiger partial charge in [0.25, 0.3) is 0 Å². The van der Waals surface area contributed by atoms with Gasteiger partial charge in [-0.25, -0.2) is 4.98 Å². The van der Waals surface area contributed by atoms with Gasteiger partial charge in [0.15, 0.2) is 5.82 Å². The van der Waals surface area contributed by atoms with E-state index in [0.29, 0.717) is 11.0 Å². The van der Waals surface area contributed by atoms with E-state index in [9.17, 15) is 4.79 Å². The summed E-state index contributed by atoms with van der Waals surface area (Å²) in [4.78, 5) is 14.6. The fourth-order valence-electron chi connectivity index (χ4n) is 1.34. The summed E-state index contributed by atoms with van der Waals surface area (Å²) < 4.78 is 0. The first-order valence-electron chi connectivity index (χ1n) is 4.47. The fourth-order valence-corrected chi connectivity index (χ4v) is 1.34. The Morgan fingerprint density at radius 3 is 2.93 bits per heavy atom. The van der Waals surface area contributed by atoms with Crippen molar-refractivity contribution in [3.05, 3.63) is 29.6 Å². The Bertz CT molecular complexity index is 525. The fraction of sp³-hybridized carbons (Fsp3) is 0.200. The lowest BCUT2D eigenvalue weighted by Crippen LogP contribution is -2.06. The molecule has 15 heavy (non-hydrogen) atoms. The van der Waals surface area contributed by atoms with Gasteiger partial charge in [0, 0.05) is 0 Å². The van der Waals surface area contributed by atoms with Crippen molar-refractivity contribution in [2.45, 2.75) is 13.3 Å². The first-order valence-corrected chi connectivity index (χ1v) is 4.47. The van der Waals surface area contributed by atoms with Gasteiger partial charge in [-0.05, 0) is 18.6 Å². The summed E-state index contributed by atoms with van der Waals surface area (Å²) in [5.74, 6) is -0.714. The van der Waals surface area contributed by atoms with Gasteiger partial charge >= 0.3 is 5.97 Å². The smallest absolute Gasteiger partial charge is 0.311 e. The van der Waals surface area contributed by atoms with Crippen LogP contribution in [0.25, 0.3) is 11.0 Å². The minimum atomic E-state index is -0.954. The summed E-state index contributed by atoms with van der Waals surface area (Å²) in [7, 11) is 0. The zero-order valence-corrected chi connectivity index (χ0v) is 8.14. The molecule has 0 aliphatic carbocycles. The van der Waals surface area contributed by atoms with Gasteiger partial charge in [-0.1, -0.05) is 12.1 Å². The largest absolute Gasteiger partial charge is 0.481 e. The molecule has 0 fully saturated rings. The highest BCUT2D eigenvalue weighted by molar-refractivity contribution is 5.77. The molecule has 0 radical (unpaired) electrons. The lowest BCUT2D eigenvalue weighted by molar-refractivity contribution is -0.136. The van der Waals surface area contributed by atoms with Crippen LogP contribution in [-0.4, -0.2) is 26.3 Å². The van der Waals surface area contributed by atoms with Crippen LogP contribution in [0.2, 0.25) is 0 Å². The number of rotatable bonds is 2. The van der Waals surface area contributed by atoms with Gasteiger partial charge in [-0.3, -0.25) is 4.79 Å². The maximum Gasteiger partial charge on any atom is 0.311 e. The van der Waals surface area contributed by atoms with Crippen LogP contribution in [0, 0.1) is 6.92 Å². The molecule has 0 spiro atoms. The van der Waals surface area contributed by atoms with E-state index in [1.807, 2.05) is 19.1 Å². The second-order valence-electron chi connectivity index (χ2n) is 3.24. The van der Waals surface area contributed by atoms with Crippen LogP contribution in [0.4, 0.5) is 0 Å². The molecule has 0 saturated carbocycles. The molecule has 5 nitrogen and oxygen atoms in total. The molecular weight excluding hydrogens is 194 g/mol. The van der Waals surface area contributed by atoms with Crippen molar-refractivity contribution in [3.8, 4) is 0 Å². The van der Waals surface area contributed by atoms with Crippen molar-refractivity contribution in [3.63, 3.8) is 0 Å². The quantitative estimate of drug-likeness (QED) is 0.786. The van der Waals surface area contributed by atoms with Gasteiger partial charge in [0.1, 0.15) is 11.9 Å². The minimum Gasteiger partial charge on any atom is -0.481 e. The molecule has 0 saturated heterocycles. The van der Waals surface area contributed by atoms with Crippen LogP contribution >= 0.6 is 0 Å². The molecule has 1 aromatic heterocycles. The highest BCUT2D eigenvalue weighted by Gasteiger charge is 2.06. The van der Waals surface area contributed by atoms with E-state index in [1.54, 1.807) is 6.07 Å². The second-order valence-corrected chi connectivity index (χ2v) is 3.24. The van der Waals surface area contributed by atoms with Crippen LogP contribution in [0.15, 0.2) is 18.2 Å². The molecule has 0 unspecified atom stereocenters. The number of nitrogens with zero attached hydrogens (tertiary/aromatic N) is 3. The second kappa shape index (κ2) is 3.61. The summed E-state index contributed by atoms with van der Waals surface area (Å²) in [5.41, 5.74) is 2.36. The van der Waals surface area contributed by atoms with Crippen molar-refractivity contribution in [2.24, 2.45) is 0 Å². The SMILES string of the molecule is Cc1cccc2nnc(CC(=O)O)nc12. The number of carbonyl (C=O) groups is 1. The van der Waals surface area contributed by atoms with E-state index >= 15 is 0 Å². The summed E-state index contributed by atoms with van der Waals surface area (Å²) in [6.45, 7) is 1.90. The van der Waals surface area contributed by atoms with E-state index in [4.69, 9.17) is 5.11 Å². The zero-order chi connectivity index (χ0) is 10.8. The summed E-state index contributed by atoms with van der Waals surface area (Å²) in [6, 6.07) is 5.57. The van der Waals surface area contributed by atoms with Crippen molar-refractivity contribution >= 4 is 17.0 Å². The van der Waals surface area contributed by atoms with E-state index in [0.717, 1.165) is 5.56 Å². The number of para-hydroxylation sites is 1. The lowest BCUT2D eigenvalue weighted by atomic mass is 10.2. The number of hydrogen-bond donors (Lipinski definition) is 1. The summed E-state index contributed by atoms with van der Waals surface area (Å²) in [6.07, 6.45) is -0.197. The Labute approximate surface area is 85.8 Å². The van der Waals surface area contributed by atoms with E-state index in [-0.39, 0.29) is 12.2 Å². The number of benzene rings is 1. The molecular formula is C10H9N3O2. The normalized spacial score (nSPS) is 10.5. The molecule has 5 heteroatoms. The van der Waals surface area contributed by atoms with Crippen molar-refractivity contribution in [1.29, 1.82) is 0 Å². The number of fused-ring (bicyclic) bond motifs is 1. The molecule has 0 bridgehead atoms. The van der Waals surface area contributed by atoms with Gasteiger partial charge < -0.3 is 5.11 Å². The molecule has 0 aliphatic rings. The Balaban J connectivity index is 2.54. The molecule has 1 aromatic carbocycles. The molecule has 0 aliphatic heterocycles. The van der Waals surface area contributed by atoms with Gasteiger partial charge in [-0.2, -0.15) is 0 Å². The molecule has 2 aromatic rings. The first kappa shape index (κ1) is 9.51. The third-order valence-electron chi connectivity index (χ3n) is 2.04. The lowest BCUT2D eigenvalue weighted by Gasteiger charge is -2.00. The van der Waals surface area contributed by atoms with Crippen LogP contribution < -0.4 is 0 Å². The predicted octanol–water partition coefficient (Wildman–Crippen LogP) is 0.960. The third-order valence-corrected chi connectivity index (χ3v) is 2.04. The van der Waals surface area contributed by atoms with Crippen LogP contribution in [0.1, 0.15) is 11.4 Å². The third kappa shape index (κ3) is 1.90. The molecule has 0 atom stereocenters. The average Bonchev–Trinajstić information content (AvgIpc) is 2.18. The van der Waals surface area contributed by atoms with E-state index < -0.39 is 5.97 Å². The monoisotopic (exact) mass is 203 g/mol. The molecule has 0 amide bonds. The predicted molar refractivity (Wildman–Crippen MR) is 53.4 cm³/mol. The molecule has 76 valence electrons. The first-order chi connectivity index (χ1) is 7.16. The average molecular weight is 203 g/mol. The number of carboxylic acid groups (broad SMARTS) is 1. The topological polar surface area (TPSA) is 76.0 Å². The van der Waals surface area contributed by atoms with Gasteiger partial charge in [0.05, 0.1) is 5.52 Å². The number of aromatic nitrogens is 3. The van der Waals surface area contributed by atoms with Crippen molar-refractivity contribution in [1.82, 2.24) is 15.2 Å². The van der Waals surface area contributed by atoms with Crippen LogP contribution in [-0.2, 0) is 11.2 Å². The van der Waals surface area contributed by atoms with Crippen LogP contribution in [0.5, 0.6) is 0 Å². The number of aliphatic carboxylic acids is 1. The maximum absolute atomic E-state index is 10.5. The molecule has 2 rings (SSSR count). The maximum atomic E-state index is 10.5. The Hall–Kier alpha value is -2.04. The number of carboxylic acids is 1.